The molecule has 0 bridgehead atoms. The smallest absolute Gasteiger partial charge is 0.354 e. The van der Waals surface area contributed by atoms with Gasteiger partial charge in [0.2, 0.25) is 5.91 Å². The normalized spacial score (nSPS) is 19.7. The van der Waals surface area contributed by atoms with Crippen LogP contribution in [0.4, 0.5) is 13.2 Å². The maximum absolute atomic E-state index is 13.0. The molecule has 8 heteroatoms. The van der Waals surface area contributed by atoms with Crippen LogP contribution < -0.4 is 5.32 Å². The van der Waals surface area contributed by atoms with E-state index in [0.29, 0.717) is 42.5 Å². The highest BCUT2D eigenvalue weighted by atomic mass is 19.4. The highest BCUT2D eigenvalue weighted by Crippen LogP contribution is 2.35. The minimum Gasteiger partial charge on any atom is -0.354 e. The Balaban J connectivity index is 1.64. The molecule has 2 aliphatic rings. The molecule has 0 spiro atoms. The van der Waals surface area contributed by atoms with Crippen LogP contribution in [0.25, 0.3) is 11.4 Å². The van der Waals surface area contributed by atoms with Crippen LogP contribution in [-0.4, -0.2) is 27.2 Å². The number of carbonyl (C=O) groups is 1. The largest absolute Gasteiger partial charge is 0.416 e. The maximum Gasteiger partial charge on any atom is 0.416 e. The number of hydrogen-bond donors (Lipinski definition) is 1. The molecule has 1 aromatic heterocycles. The average Bonchev–Trinajstić information content (AvgIpc) is 3.16. The third-order valence-corrected chi connectivity index (χ3v) is 4.73. The van der Waals surface area contributed by atoms with Gasteiger partial charge in [-0.05, 0) is 37.3 Å². The molecule has 4 rings (SSSR count). The van der Waals surface area contributed by atoms with Gasteiger partial charge in [-0.15, -0.1) is 10.2 Å². The third kappa shape index (κ3) is 3.12. The van der Waals surface area contributed by atoms with Crippen LogP contribution in [0.3, 0.4) is 0 Å². The fourth-order valence-corrected chi connectivity index (χ4v) is 3.18. The van der Waals surface area contributed by atoms with E-state index < -0.39 is 17.8 Å². The molecule has 5 nitrogen and oxygen atoms in total. The second-order valence-corrected chi connectivity index (χ2v) is 6.63. The molecule has 1 amide bonds. The molecule has 132 valence electrons. The van der Waals surface area contributed by atoms with Crippen LogP contribution >= 0.6 is 0 Å². The first-order valence-corrected chi connectivity index (χ1v) is 8.32. The van der Waals surface area contributed by atoms with Crippen molar-refractivity contribution in [3.63, 3.8) is 0 Å². The lowest BCUT2D eigenvalue weighted by Crippen LogP contribution is -2.32. The molecule has 1 aromatic carbocycles. The predicted molar refractivity (Wildman–Crippen MR) is 83.6 cm³/mol. The summed E-state index contributed by atoms with van der Waals surface area (Å²) in [4.78, 5) is 12.5. The van der Waals surface area contributed by atoms with E-state index in [1.54, 1.807) is 10.6 Å². The molecule has 0 saturated heterocycles. The van der Waals surface area contributed by atoms with Crippen molar-refractivity contribution in [2.24, 2.45) is 5.92 Å². The number of aryl methyl sites for hydroxylation is 1. The van der Waals surface area contributed by atoms with E-state index in [9.17, 15) is 18.0 Å². The summed E-state index contributed by atoms with van der Waals surface area (Å²) in [6.07, 6.45) is -0.970. The van der Waals surface area contributed by atoms with Crippen molar-refractivity contribution in [2.75, 3.05) is 6.54 Å². The molecule has 1 aliphatic carbocycles. The van der Waals surface area contributed by atoms with E-state index in [1.165, 1.54) is 6.07 Å². The van der Waals surface area contributed by atoms with Gasteiger partial charge in [-0.3, -0.25) is 9.36 Å². The molecule has 2 heterocycles. The van der Waals surface area contributed by atoms with Crippen molar-refractivity contribution in [3.05, 3.63) is 35.7 Å². The summed E-state index contributed by atoms with van der Waals surface area (Å²) >= 11 is 0. The molecule has 0 radical (unpaired) electrons. The van der Waals surface area contributed by atoms with Crippen molar-refractivity contribution in [1.82, 2.24) is 20.1 Å². The number of rotatable bonds is 4. The van der Waals surface area contributed by atoms with E-state index in [0.717, 1.165) is 25.0 Å². The van der Waals surface area contributed by atoms with Crippen molar-refractivity contribution in [2.45, 2.75) is 37.9 Å². The van der Waals surface area contributed by atoms with E-state index in [2.05, 4.69) is 15.5 Å². The number of carbonyl (C=O) groups excluding carboxylic acids is 1. The zero-order valence-electron chi connectivity index (χ0n) is 13.4. The maximum atomic E-state index is 13.0. The molecule has 1 aliphatic heterocycles. The zero-order valence-corrected chi connectivity index (χ0v) is 13.4. The molecular formula is C17H17F3N4O. The van der Waals surface area contributed by atoms with Gasteiger partial charge in [-0.25, -0.2) is 0 Å². The second kappa shape index (κ2) is 5.86. The summed E-state index contributed by atoms with van der Waals surface area (Å²) in [6.45, 7) is 0.658. The summed E-state index contributed by atoms with van der Waals surface area (Å²) < 4.78 is 40.6. The van der Waals surface area contributed by atoms with Crippen molar-refractivity contribution in [1.29, 1.82) is 0 Å². The summed E-state index contributed by atoms with van der Waals surface area (Å²) in [7, 11) is 0. The summed E-state index contributed by atoms with van der Waals surface area (Å²) in [5, 5.41) is 11.0. The monoisotopic (exact) mass is 350 g/mol. The number of halogens is 3. The van der Waals surface area contributed by atoms with Gasteiger partial charge in [-0.1, -0.05) is 12.1 Å². The molecule has 1 saturated carbocycles. The number of amides is 1. The average molecular weight is 350 g/mol. The second-order valence-electron chi connectivity index (χ2n) is 6.63. The van der Waals surface area contributed by atoms with Gasteiger partial charge in [-0.2, -0.15) is 13.2 Å². The van der Waals surface area contributed by atoms with E-state index in [1.807, 2.05) is 0 Å². The molecular weight excluding hydrogens is 333 g/mol. The molecule has 1 atom stereocenters. The Morgan fingerprint density at radius 2 is 2.04 bits per heavy atom. The highest BCUT2D eigenvalue weighted by Gasteiger charge is 2.35. The van der Waals surface area contributed by atoms with Crippen molar-refractivity contribution < 1.29 is 18.0 Å². The Morgan fingerprint density at radius 1 is 1.24 bits per heavy atom. The SMILES string of the molecule is O=C(NCC1CC1)C1CCc2nnc(-c3cccc(C(F)(F)F)c3)n21. The van der Waals surface area contributed by atoms with Gasteiger partial charge in [0.25, 0.3) is 0 Å². The van der Waals surface area contributed by atoms with Gasteiger partial charge in [0, 0.05) is 18.5 Å². The lowest BCUT2D eigenvalue weighted by atomic mass is 10.1. The quantitative estimate of drug-likeness (QED) is 0.922. The first kappa shape index (κ1) is 16.1. The lowest BCUT2D eigenvalue weighted by molar-refractivity contribution is -0.137. The Labute approximate surface area is 142 Å². The van der Waals surface area contributed by atoms with E-state index in [-0.39, 0.29) is 5.91 Å². The van der Waals surface area contributed by atoms with Crippen LogP contribution in [0.2, 0.25) is 0 Å². The zero-order chi connectivity index (χ0) is 17.6. The Kier molecular flexibility index (Phi) is 3.77. The first-order chi connectivity index (χ1) is 11.9. The number of nitrogens with zero attached hydrogens (tertiary/aromatic N) is 3. The van der Waals surface area contributed by atoms with Crippen LogP contribution in [-0.2, 0) is 17.4 Å². The van der Waals surface area contributed by atoms with Crippen molar-refractivity contribution >= 4 is 5.91 Å². The number of hydrogen-bond acceptors (Lipinski definition) is 3. The molecule has 2 aromatic rings. The lowest BCUT2D eigenvalue weighted by Gasteiger charge is -2.16. The van der Waals surface area contributed by atoms with Crippen LogP contribution in [0.5, 0.6) is 0 Å². The topological polar surface area (TPSA) is 59.8 Å². The van der Waals surface area contributed by atoms with E-state index >= 15 is 0 Å². The Hall–Kier alpha value is -2.38. The Morgan fingerprint density at radius 3 is 2.76 bits per heavy atom. The van der Waals surface area contributed by atoms with Crippen LogP contribution in [0.1, 0.15) is 36.7 Å². The van der Waals surface area contributed by atoms with Crippen molar-refractivity contribution in [3.8, 4) is 11.4 Å². The van der Waals surface area contributed by atoms with Gasteiger partial charge in [0.1, 0.15) is 11.9 Å². The van der Waals surface area contributed by atoms with Gasteiger partial charge in [0.05, 0.1) is 5.56 Å². The van der Waals surface area contributed by atoms with Gasteiger partial charge >= 0.3 is 6.18 Å². The Bertz CT molecular complexity index is 810. The molecule has 1 unspecified atom stereocenters. The summed E-state index contributed by atoms with van der Waals surface area (Å²) in [6, 6.07) is 4.51. The van der Waals surface area contributed by atoms with Gasteiger partial charge < -0.3 is 5.32 Å². The fourth-order valence-electron chi connectivity index (χ4n) is 3.18. The molecule has 1 fully saturated rings. The minimum absolute atomic E-state index is 0.112. The first-order valence-electron chi connectivity index (χ1n) is 8.32. The van der Waals surface area contributed by atoms with Gasteiger partial charge in [0.15, 0.2) is 5.82 Å². The number of benzene rings is 1. The number of nitrogens with one attached hydrogen (secondary N) is 1. The standard InChI is InChI=1S/C17H17F3N4O/c18-17(19,20)12-3-1-2-11(8-12)15-23-22-14-7-6-13(24(14)15)16(25)21-9-10-4-5-10/h1-3,8,10,13H,4-7,9H2,(H,21,25). The van der Waals surface area contributed by atoms with Crippen LogP contribution in [0, 0.1) is 5.92 Å². The van der Waals surface area contributed by atoms with E-state index in [4.69, 9.17) is 0 Å². The molecule has 25 heavy (non-hydrogen) atoms. The number of aromatic nitrogens is 3. The summed E-state index contributed by atoms with van der Waals surface area (Å²) in [5.74, 6) is 1.40. The predicted octanol–water partition coefficient (Wildman–Crippen LogP) is 2.98. The third-order valence-electron chi connectivity index (χ3n) is 4.73. The number of alkyl halides is 3. The molecule has 1 N–H and O–H groups in total. The highest BCUT2D eigenvalue weighted by molar-refractivity contribution is 5.81. The number of fused-ring (bicyclic) bond motifs is 1. The fraction of sp³-hybridized carbons (Fsp3) is 0.471. The van der Waals surface area contributed by atoms with Crippen LogP contribution in [0.15, 0.2) is 24.3 Å². The summed E-state index contributed by atoms with van der Waals surface area (Å²) in [5.41, 5.74) is -0.425. The minimum atomic E-state index is -4.43.